The van der Waals surface area contributed by atoms with E-state index in [0.29, 0.717) is 5.92 Å². The Balaban J connectivity index is 2.31. The van der Waals surface area contributed by atoms with Crippen LogP contribution in [0.3, 0.4) is 0 Å². The zero-order valence-electron chi connectivity index (χ0n) is 5.72. The predicted molar refractivity (Wildman–Crippen MR) is 41.0 cm³/mol. The van der Waals surface area contributed by atoms with E-state index in [2.05, 4.69) is 25.2 Å². The number of hydrogen-bond donors (Lipinski definition) is 0. The molecule has 1 rings (SSSR count). The number of hydrogen-bond acceptors (Lipinski definition) is 0. The SMILES string of the molecule is C=C[CH]C1C=CCCC1. The van der Waals surface area contributed by atoms with E-state index in [4.69, 9.17) is 0 Å². The van der Waals surface area contributed by atoms with Crippen molar-refractivity contribution in [1.29, 1.82) is 0 Å². The largest absolute Gasteiger partial charge is 0.103 e. The van der Waals surface area contributed by atoms with Crippen LogP contribution >= 0.6 is 0 Å². The molecule has 0 amide bonds. The number of rotatable bonds is 2. The average Bonchev–Trinajstić information content (AvgIpc) is 1.91. The lowest BCUT2D eigenvalue weighted by molar-refractivity contribution is 0.610. The molecule has 0 saturated heterocycles. The minimum Gasteiger partial charge on any atom is -0.103 e. The second-order valence-corrected chi connectivity index (χ2v) is 2.45. The van der Waals surface area contributed by atoms with Crippen molar-refractivity contribution in [3.63, 3.8) is 0 Å². The van der Waals surface area contributed by atoms with Crippen LogP contribution in [0.1, 0.15) is 19.3 Å². The lowest BCUT2D eigenvalue weighted by Crippen LogP contribution is -1.98. The molecule has 9 heavy (non-hydrogen) atoms. The molecule has 1 aliphatic carbocycles. The van der Waals surface area contributed by atoms with Crippen LogP contribution in [0, 0.1) is 12.3 Å². The van der Waals surface area contributed by atoms with Crippen LogP contribution in [0.5, 0.6) is 0 Å². The van der Waals surface area contributed by atoms with Crippen molar-refractivity contribution in [2.75, 3.05) is 0 Å². The topological polar surface area (TPSA) is 0 Å². The predicted octanol–water partition coefficient (Wildman–Crippen LogP) is 2.73. The molecule has 1 radical (unpaired) electrons. The first-order valence-electron chi connectivity index (χ1n) is 3.56. The van der Waals surface area contributed by atoms with Crippen LogP contribution < -0.4 is 0 Å². The molecule has 49 valence electrons. The number of allylic oxidation sites excluding steroid dienone is 3. The Morgan fingerprint density at radius 1 is 1.56 bits per heavy atom. The summed E-state index contributed by atoms with van der Waals surface area (Å²) < 4.78 is 0. The fourth-order valence-corrected chi connectivity index (χ4v) is 1.17. The van der Waals surface area contributed by atoms with Crippen LogP contribution in [0.2, 0.25) is 0 Å². The van der Waals surface area contributed by atoms with Crippen LogP contribution in [-0.4, -0.2) is 0 Å². The van der Waals surface area contributed by atoms with E-state index in [1.54, 1.807) is 0 Å². The summed E-state index contributed by atoms with van der Waals surface area (Å²) in [7, 11) is 0. The van der Waals surface area contributed by atoms with E-state index in [1.807, 2.05) is 6.08 Å². The first kappa shape index (κ1) is 6.60. The fourth-order valence-electron chi connectivity index (χ4n) is 1.17. The van der Waals surface area contributed by atoms with Crippen LogP contribution in [0.25, 0.3) is 0 Å². The van der Waals surface area contributed by atoms with Crippen molar-refractivity contribution >= 4 is 0 Å². The van der Waals surface area contributed by atoms with Gasteiger partial charge in [0.15, 0.2) is 0 Å². The summed E-state index contributed by atoms with van der Waals surface area (Å²) in [4.78, 5) is 0. The van der Waals surface area contributed by atoms with E-state index < -0.39 is 0 Å². The van der Waals surface area contributed by atoms with Gasteiger partial charge in [-0.05, 0) is 31.6 Å². The molecule has 0 fully saturated rings. The molecule has 1 aliphatic rings. The molecule has 0 aromatic heterocycles. The Labute approximate surface area is 57.3 Å². The van der Waals surface area contributed by atoms with E-state index in [1.165, 1.54) is 19.3 Å². The molecule has 1 atom stereocenters. The molecule has 0 bridgehead atoms. The van der Waals surface area contributed by atoms with Gasteiger partial charge in [0.1, 0.15) is 0 Å². The zero-order chi connectivity index (χ0) is 6.53. The third kappa shape index (κ3) is 2.05. The molecule has 0 heterocycles. The Morgan fingerprint density at radius 3 is 3.00 bits per heavy atom. The Morgan fingerprint density at radius 2 is 2.44 bits per heavy atom. The second kappa shape index (κ2) is 3.49. The maximum Gasteiger partial charge on any atom is -0.0105 e. The van der Waals surface area contributed by atoms with Gasteiger partial charge < -0.3 is 0 Å². The highest BCUT2D eigenvalue weighted by atomic mass is 14.1. The maximum atomic E-state index is 3.67. The minimum absolute atomic E-state index is 0.677. The van der Waals surface area contributed by atoms with Crippen molar-refractivity contribution in [3.8, 4) is 0 Å². The summed E-state index contributed by atoms with van der Waals surface area (Å²) in [6.45, 7) is 3.67. The van der Waals surface area contributed by atoms with Gasteiger partial charge >= 0.3 is 0 Å². The zero-order valence-corrected chi connectivity index (χ0v) is 5.72. The van der Waals surface area contributed by atoms with Crippen LogP contribution in [0.15, 0.2) is 24.8 Å². The maximum absolute atomic E-state index is 3.67. The molecule has 0 aliphatic heterocycles. The normalized spacial score (nSPS) is 26.0. The van der Waals surface area contributed by atoms with Gasteiger partial charge in [-0.3, -0.25) is 0 Å². The van der Waals surface area contributed by atoms with E-state index in [0.717, 1.165) is 0 Å². The molecular formula is C9H13. The van der Waals surface area contributed by atoms with Gasteiger partial charge in [-0.25, -0.2) is 0 Å². The summed E-state index contributed by atoms with van der Waals surface area (Å²) in [5, 5.41) is 0. The van der Waals surface area contributed by atoms with Crippen molar-refractivity contribution in [2.45, 2.75) is 19.3 Å². The lowest BCUT2D eigenvalue weighted by atomic mass is 9.93. The highest BCUT2D eigenvalue weighted by Crippen LogP contribution is 2.18. The third-order valence-electron chi connectivity index (χ3n) is 1.67. The molecule has 0 nitrogen and oxygen atoms in total. The van der Waals surface area contributed by atoms with Crippen molar-refractivity contribution < 1.29 is 0 Å². The molecule has 1 unspecified atom stereocenters. The summed E-state index contributed by atoms with van der Waals surface area (Å²) in [6.07, 6.45) is 12.5. The fraction of sp³-hybridized carbons (Fsp3) is 0.444. The molecule has 0 heteroatoms. The van der Waals surface area contributed by atoms with Gasteiger partial charge in [0, 0.05) is 0 Å². The van der Waals surface area contributed by atoms with Gasteiger partial charge in [-0.1, -0.05) is 18.2 Å². The first-order chi connectivity index (χ1) is 4.43. The molecule has 0 saturated carbocycles. The smallest absolute Gasteiger partial charge is 0.0105 e. The summed E-state index contributed by atoms with van der Waals surface area (Å²) >= 11 is 0. The molecule has 0 spiro atoms. The van der Waals surface area contributed by atoms with Crippen molar-refractivity contribution in [2.24, 2.45) is 5.92 Å². The van der Waals surface area contributed by atoms with Gasteiger partial charge in [0.05, 0.1) is 0 Å². The third-order valence-corrected chi connectivity index (χ3v) is 1.67. The van der Waals surface area contributed by atoms with Crippen LogP contribution in [0.4, 0.5) is 0 Å². The molecule has 0 aromatic carbocycles. The summed E-state index contributed by atoms with van der Waals surface area (Å²) in [5.41, 5.74) is 0. The summed E-state index contributed by atoms with van der Waals surface area (Å²) in [5.74, 6) is 0.677. The van der Waals surface area contributed by atoms with Crippen molar-refractivity contribution in [3.05, 3.63) is 31.2 Å². The van der Waals surface area contributed by atoms with Gasteiger partial charge in [0.25, 0.3) is 0 Å². The Kier molecular flexibility index (Phi) is 2.56. The quantitative estimate of drug-likeness (QED) is 0.493. The van der Waals surface area contributed by atoms with Crippen molar-refractivity contribution in [1.82, 2.24) is 0 Å². The first-order valence-corrected chi connectivity index (χ1v) is 3.56. The standard InChI is InChI=1S/C9H13/c1-2-6-9-7-4-3-5-8-9/h2,4,6-7,9H,1,3,5,8H2. The average molecular weight is 121 g/mol. The lowest BCUT2D eigenvalue weighted by Gasteiger charge is -2.12. The Bertz CT molecular complexity index is 111. The molecular weight excluding hydrogens is 108 g/mol. The molecule has 0 aromatic rings. The van der Waals surface area contributed by atoms with E-state index in [9.17, 15) is 0 Å². The van der Waals surface area contributed by atoms with E-state index in [-0.39, 0.29) is 0 Å². The van der Waals surface area contributed by atoms with Gasteiger partial charge in [0.2, 0.25) is 0 Å². The summed E-state index contributed by atoms with van der Waals surface area (Å²) in [6, 6.07) is 0. The monoisotopic (exact) mass is 121 g/mol. The van der Waals surface area contributed by atoms with Gasteiger partial charge in [-0.2, -0.15) is 0 Å². The van der Waals surface area contributed by atoms with Crippen LogP contribution in [-0.2, 0) is 0 Å². The second-order valence-electron chi connectivity index (χ2n) is 2.45. The van der Waals surface area contributed by atoms with Gasteiger partial charge in [-0.15, -0.1) is 6.58 Å². The van der Waals surface area contributed by atoms with E-state index >= 15 is 0 Å². The minimum atomic E-state index is 0.677. The molecule has 0 N–H and O–H groups in total. The Hall–Kier alpha value is -0.520. The highest BCUT2D eigenvalue weighted by Gasteiger charge is 2.04. The highest BCUT2D eigenvalue weighted by molar-refractivity contribution is 5.04.